The SMILES string of the molecule is CCc1ncc(CC)c2[nH]ccc12. The minimum absolute atomic E-state index is 0.998. The lowest BCUT2D eigenvalue weighted by molar-refractivity contribution is 1.03. The molecule has 13 heavy (non-hydrogen) atoms. The van der Waals surface area contributed by atoms with Crippen LogP contribution in [0.1, 0.15) is 25.1 Å². The number of nitrogens with zero attached hydrogens (tertiary/aromatic N) is 1. The van der Waals surface area contributed by atoms with Crippen molar-refractivity contribution in [1.29, 1.82) is 0 Å². The van der Waals surface area contributed by atoms with Gasteiger partial charge in [-0.2, -0.15) is 0 Å². The second-order valence-electron chi connectivity index (χ2n) is 3.20. The molecule has 2 aromatic heterocycles. The summed E-state index contributed by atoms with van der Waals surface area (Å²) in [5, 5.41) is 1.28. The molecule has 0 unspecified atom stereocenters. The summed E-state index contributed by atoms with van der Waals surface area (Å²) in [5.74, 6) is 0. The molecule has 0 radical (unpaired) electrons. The van der Waals surface area contributed by atoms with Gasteiger partial charge in [-0.05, 0) is 24.5 Å². The van der Waals surface area contributed by atoms with E-state index in [9.17, 15) is 0 Å². The van der Waals surface area contributed by atoms with Crippen molar-refractivity contribution in [3.05, 3.63) is 29.7 Å². The third-order valence-electron chi connectivity index (χ3n) is 2.47. The van der Waals surface area contributed by atoms with E-state index in [0.717, 1.165) is 12.8 Å². The van der Waals surface area contributed by atoms with Gasteiger partial charge in [-0.25, -0.2) is 0 Å². The highest BCUT2D eigenvalue weighted by atomic mass is 14.7. The number of aromatic amines is 1. The van der Waals surface area contributed by atoms with E-state index in [4.69, 9.17) is 0 Å². The Balaban J connectivity index is 2.74. The summed E-state index contributed by atoms with van der Waals surface area (Å²) in [4.78, 5) is 7.72. The number of fused-ring (bicyclic) bond motifs is 1. The molecule has 2 rings (SSSR count). The maximum absolute atomic E-state index is 4.45. The van der Waals surface area contributed by atoms with Crippen LogP contribution in [0.3, 0.4) is 0 Å². The van der Waals surface area contributed by atoms with E-state index >= 15 is 0 Å². The van der Waals surface area contributed by atoms with Crippen LogP contribution >= 0.6 is 0 Å². The molecule has 0 aliphatic rings. The first kappa shape index (κ1) is 8.30. The van der Waals surface area contributed by atoms with Crippen molar-refractivity contribution in [2.45, 2.75) is 26.7 Å². The zero-order chi connectivity index (χ0) is 9.26. The van der Waals surface area contributed by atoms with Crippen LogP contribution in [0.4, 0.5) is 0 Å². The minimum Gasteiger partial charge on any atom is -0.361 e. The van der Waals surface area contributed by atoms with E-state index in [1.807, 2.05) is 12.4 Å². The summed E-state index contributed by atoms with van der Waals surface area (Å²) in [6.45, 7) is 4.29. The predicted octanol–water partition coefficient (Wildman–Crippen LogP) is 2.69. The molecule has 0 saturated carbocycles. The minimum atomic E-state index is 0.998. The van der Waals surface area contributed by atoms with Gasteiger partial charge < -0.3 is 4.98 Å². The molecule has 0 spiro atoms. The molecule has 68 valence electrons. The first-order valence-electron chi connectivity index (χ1n) is 4.80. The highest BCUT2D eigenvalue weighted by Gasteiger charge is 2.04. The zero-order valence-corrected chi connectivity index (χ0v) is 8.09. The molecular formula is C11H14N2. The summed E-state index contributed by atoms with van der Waals surface area (Å²) >= 11 is 0. The maximum Gasteiger partial charge on any atom is 0.0520 e. The van der Waals surface area contributed by atoms with Crippen molar-refractivity contribution in [2.75, 3.05) is 0 Å². The Kier molecular flexibility index (Phi) is 2.05. The molecule has 2 heterocycles. The lowest BCUT2D eigenvalue weighted by atomic mass is 10.1. The lowest BCUT2D eigenvalue weighted by Crippen LogP contribution is -1.91. The molecule has 2 aromatic rings. The van der Waals surface area contributed by atoms with Crippen molar-refractivity contribution >= 4 is 10.9 Å². The second-order valence-corrected chi connectivity index (χ2v) is 3.20. The van der Waals surface area contributed by atoms with E-state index in [1.165, 1.54) is 22.2 Å². The Hall–Kier alpha value is -1.31. The summed E-state index contributed by atoms with van der Waals surface area (Å²) in [7, 11) is 0. The van der Waals surface area contributed by atoms with Crippen LogP contribution in [0.5, 0.6) is 0 Å². The third-order valence-corrected chi connectivity index (χ3v) is 2.47. The fourth-order valence-electron chi connectivity index (χ4n) is 1.72. The standard InChI is InChI=1S/C11H14N2/c1-3-8-7-13-10(4-2)9-5-6-12-11(8)9/h5-7,12H,3-4H2,1-2H3. The molecule has 0 atom stereocenters. The van der Waals surface area contributed by atoms with Crippen LogP contribution in [-0.2, 0) is 12.8 Å². The van der Waals surface area contributed by atoms with Gasteiger partial charge in [-0.1, -0.05) is 13.8 Å². The zero-order valence-electron chi connectivity index (χ0n) is 8.09. The Morgan fingerprint density at radius 3 is 2.85 bits per heavy atom. The number of H-pyrrole nitrogens is 1. The monoisotopic (exact) mass is 174 g/mol. The highest BCUT2D eigenvalue weighted by molar-refractivity contribution is 5.84. The molecule has 2 nitrogen and oxygen atoms in total. The van der Waals surface area contributed by atoms with E-state index < -0.39 is 0 Å². The largest absolute Gasteiger partial charge is 0.361 e. The van der Waals surface area contributed by atoms with Crippen molar-refractivity contribution in [2.24, 2.45) is 0 Å². The molecule has 0 fully saturated rings. The van der Waals surface area contributed by atoms with Gasteiger partial charge in [0.2, 0.25) is 0 Å². The quantitative estimate of drug-likeness (QED) is 0.745. The molecule has 0 amide bonds. The van der Waals surface area contributed by atoms with Gasteiger partial charge >= 0.3 is 0 Å². The van der Waals surface area contributed by atoms with Gasteiger partial charge in [0.1, 0.15) is 0 Å². The Bertz CT molecular complexity index is 377. The molecule has 1 N–H and O–H groups in total. The molecule has 0 aromatic carbocycles. The van der Waals surface area contributed by atoms with Gasteiger partial charge in [-0.3, -0.25) is 4.98 Å². The molecule has 0 bridgehead atoms. The molecule has 0 aliphatic carbocycles. The number of rotatable bonds is 2. The molecule has 0 saturated heterocycles. The second kappa shape index (κ2) is 3.21. The summed E-state index contributed by atoms with van der Waals surface area (Å²) in [6, 6.07) is 2.11. The number of hydrogen-bond donors (Lipinski definition) is 1. The van der Waals surface area contributed by atoms with E-state index in [1.54, 1.807) is 0 Å². The van der Waals surface area contributed by atoms with Crippen molar-refractivity contribution in [3.8, 4) is 0 Å². The highest BCUT2D eigenvalue weighted by Crippen LogP contribution is 2.20. The number of hydrogen-bond acceptors (Lipinski definition) is 1. The van der Waals surface area contributed by atoms with Gasteiger partial charge in [0, 0.05) is 23.5 Å². The van der Waals surface area contributed by atoms with Crippen molar-refractivity contribution in [1.82, 2.24) is 9.97 Å². The van der Waals surface area contributed by atoms with Crippen LogP contribution in [0.2, 0.25) is 0 Å². The first-order valence-corrected chi connectivity index (χ1v) is 4.80. The smallest absolute Gasteiger partial charge is 0.0520 e. The average Bonchev–Trinajstić information content (AvgIpc) is 2.64. The van der Waals surface area contributed by atoms with Gasteiger partial charge in [0.05, 0.1) is 5.52 Å². The van der Waals surface area contributed by atoms with Crippen LogP contribution < -0.4 is 0 Å². The van der Waals surface area contributed by atoms with Crippen molar-refractivity contribution < 1.29 is 0 Å². The Morgan fingerprint density at radius 1 is 1.31 bits per heavy atom. The van der Waals surface area contributed by atoms with E-state index in [-0.39, 0.29) is 0 Å². The van der Waals surface area contributed by atoms with Crippen LogP contribution in [0.15, 0.2) is 18.5 Å². The van der Waals surface area contributed by atoms with E-state index in [0.29, 0.717) is 0 Å². The third kappa shape index (κ3) is 1.22. The summed E-state index contributed by atoms with van der Waals surface area (Å²) in [5.41, 5.74) is 3.75. The Labute approximate surface area is 78.0 Å². The average molecular weight is 174 g/mol. The maximum atomic E-state index is 4.45. The fourth-order valence-corrected chi connectivity index (χ4v) is 1.72. The Morgan fingerprint density at radius 2 is 2.15 bits per heavy atom. The van der Waals surface area contributed by atoms with Crippen LogP contribution in [0.25, 0.3) is 10.9 Å². The predicted molar refractivity (Wildman–Crippen MR) is 54.8 cm³/mol. The van der Waals surface area contributed by atoms with Crippen LogP contribution in [0, 0.1) is 0 Å². The fraction of sp³-hybridized carbons (Fsp3) is 0.364. The first-order chi connectivity index (χ1) is 6.36. The van der Waals surface area contributed by atoms with Gasteiger partial charge in [-0.15, -0.1) is 0 Å². The summed E-state index contributed by atoms with van der Waals surface area (Å²) in [6.07, 6.45) is 6.01. The summed E-state index contributed by atoms with van der Waals surface area (Å²) < 4.78 is 0. The number of aromatic nitrogens is 2. The normalized spacial score (nSPS) is 10.9. The number of aryl methyl sites for hydroxylation is 2. The number of pyridine rings is 1. The van der Waals surface area contributed by atoms with E-state index in [2.05, 4.69) is 29.9 Å². The molecule has 0 aliphatic heterocycles. The van der Waals surface area contributed by atoms with Crippen LogP contribution in [-0.4, -0.2) is 9.97 Å². The van der Waals surface area contributed by atoms with Gasteiger partial charge in [0.25, 0.3) is 0 Å². The van der Waals surface area contributed by atoms with Crippen molar-refractivity contribution in [3.63, 3.8) is 0 Å². The molecular weight excluding hydrogens is 160 g/mol. The topological polar surface area (TPSA) is 28.7 Å². The lowest BCUT2D eigenvalue weighted by Gasteiger charge is -2.02. The molecule has 2 heteroatoms. The number of nitrogens with one attached hydrogen (secondary N) is 1. The van der Waals surface area contributed by atoms with Gasteiger partial charge in [0.15, 0.2) is 0 Å².